The summed E-state index contributed by atoms with van der Waals surface area (Å²) in [5.74, 6) is 0. The third-order valence-corrected chi connectivity index (χ3v) is 1.23. The summed E-state index contributed by atoms with van der Waals surface area (Å²) in [5.41, 5.74) is 0. The second kappa shape index (κ2) is 4.31. The molecule has 0 aliphatic rings. The number of hydrogen-bond donors (Lipinski definition) is 1. The van der Waals surface area contributed by atoms with Gasteiger partial charge in [-0.3, -0.25) is 0 Å². The highest BCUT2D eigenvalue weighted by Crippen LogP contribution is 2.22. The molecular weight excluding hydrogens is 169 g/mol. The van der Waals surface area contributed by atoms with E-state index in [1.807, 2.05) is 0 Å². The molecule has 0 saturated heterocycles. The van der Waals surface area contributed by atoms with Gasteiger partial charge in [0, 0.05) is 6.04 Å². The third-order valence-electron chi connectivity index (χ3n) is 1.23. The zero-order valence-corrected chi connectivity index (χ0v) is 6.94. The third kappa shape index (κ3) is 4.19. The van der Waals surface area contributed by atoms with Crippen molar-refractivity contribution in [3.05, 3.63) is 0 Å². The Balaban J connectivity index is 4.16. The van der Waals surface area contributed by atoms with Crippen molar-refractivity contribution in [2.24, 2.45) is 0 Å². The Hall–Kier alpha value is -0.760. The van der Waals surface area contributed by atoms with E-state index in [1.165, 1.54) is 6.07 Å². The molecule has 5 heteroatoms. The monoisotopic (exact) mass is 180 g/mol. The number of halogens is 3. The molecule has 0 aromatic carbocycles. The summed E-state index contributed by atoms with van der Waals surface area (Å²) in [7, 11) is 0. The minimum absolute atomic E-state index is 0.273. The van der Waals surface area contributed by atoms with E-state index < -0.39 is 18.6 Å². The van der Waals surface area contributed by atoms with Crippen LogP contribution in [-0.2, 0) is 0 Å². The van der Waals surface area contributed by atoms with Gasteiger partial charge in [-0.1, -0.05) is 13.8 Å². The lowest BCUT2D eigenvalue weighted by atomic mass is 10.2. The molecule has 0 bridgehead atoms. The molecular formula is C7H11F3N2. The van der Waals surface area contributed by atoms with Crippen LogP contribution in [0, 0.1) is 11.3 Å². The van der Waals surface area contributed by atoms with Crippen LogP contribution in [0.2, 0.25) is 0 Å². The number of alkyl halides is 3. The lowest BCUT2D eigenvalue weighted by Gasteiger charge is -2.21. The Labute approximate surface area is 69.4 Å². The molecule has 0 spiro atoms. The standard InChI is InChI=1S/C7H11F3N2/c1-5(2)12-6(3-4-11)7(8,9)10/h5-6,12H,3H2,1-2H3. The van der Waals surface area contributed by atoms with Crippen LogP contribution < -0.4 is 5.32 Å². The highest BCUT2D eigenvalue weighted by Gasteiger charge is 2.39. The number of nitrogens with zero attached hydrogens (tertiary/aromatic N) is 1. The molecule has 12 heavy (non-hydrogen) atoms. The number of rotatable bonds is 3. The van der Waals surface area contributed by atoms with E-state index in [0.29, 0.717) is 0 Å². The van der Waals surface area contributed by atoms with Crippen LogP contribution in [0.3, 0.4) is 0 Å². The van der Waals surface area contributed by atoms with Gasteiger partial charge in [-0.2, -0.15) is 18.4 Å². The first-order chi connectivity index (χ1) is 5.38. The van der Waals surface area contributed by atoms with E-state index in [1.54, 1.807) is 13.8 Å². The van der Waals surface area contributed by atoms with Crippen LogP contribution in [0.15, 0.2) is 0 Å². The molecule has 1 unspecified atom stereocenters. The fraction of sp³-hybridized carbons (Fsp3) is 0.857. The average molecular weight is 180 g/mol. The molecule has 0 amide bonds. The largest absolute Gasteiger partial charge is 0.404 e. The Morgan fingerprint density at radius 3 is 2.17 bits per heavy atom. The summed E-state index contributed by atoms with van der Waals surface area (Å²) < 4.78 is 36.2. The zero-order valence-electron chi connectivity index (χ0n) is 6.94. The maximum atomic E-state index is 12.1. The van der Waals surface area contributed by atoms with Crippen molar-refractivity contribution in [1.82, 2.24) is 5.32 Å². The molecule has 2 nitrogen and oxygen atoms in total. The fourth-order valence-corrected chi connectivity index (χ4v) is 0.763. The molecule has 0 heterocycles. The van der Waals surface area contributed by atoms with Crippen LogP contribution in [0.4, 0.5) is 13.2 Å². The summed E-state index contributed by atoms with van der Waals surface area (Å²) >= 11 is 0. The second-order valence-electron chi connectivity index (χ2n) is 2.78. The molecule has 1 atom stereocenters. The van der Waals surface area contributed by atoms with E-state index in [2.05, 4.69) is 5.32 Å². The lowest BCUT2D eigenvalue weighted by Crippen LogP contribution is -2.45. The molecule has 0 aromatic heterocycles. The molecule has 0 fully saturated rings. The van der Waals surface area contributed by atoms with Crippen molar-refractivity contribution in [2.75, 3.05) is 0 Å². The van der Waals surface area contributed by atoms with Crippen molar-refractivity contribution in [2.45, 2.75) is 38.5 Å². The van der Waals surface area contributed by atoms with E-state index in [-0.39, 0.29) is 6.04 Å². The minimum Gasteiger partial charge on any atom is -0.303 e. The Bertz CT molecular complexity index is 168. The van der Waals surface area contributed by atoms with Gasteiger partial charge in [-0.05, 0) is 0 Å². The quantitative estimate of drug-likeness (QED) is 0.719. The van der Waals surface area contributed by atoms with Crippen molar-refractivity contribution in [3.8, 4) is 6.07 Å². The Morgan fingerprint density at radius 2 is 1.92 bits per heavy atom. The highest BCUT2D eigenvalue weighted by molar-refractivity contribution is 4.86. The molecule has 70 valence electrons. The van der Waals surface area contributed by atoms with Crippen LogP contribution in [0.5, 0.6) is 0 Å². The normalized spacial score (nSPS) is 14.4. The fourth-order valence-electron chi connectivity index (χ4n) is 0.763. The summed E-state index contributed by atoms with van der Waals surface area (Å²) in [6.07, 6.45) is -4.87. The van der Waals surface area contributed by atoms with Crippen LogP contribution in [-0.4, -0.2) is 18.3 Å². The van der Waals surface area contributed by atoms with Gasteiger partial charge in [-0.15, -0.1) is 0 Å². The van der Waals surface area contributed by atoms with E-state index >= 15 is 0 Å². The van der Waals surface area contributed by atoms with Gasteiger partial charge in [0.2, 0.25) is 0 Å². The zero-order chi connectivity index (χ0) is 9.78. The average Bonchev–Trinajstić information content (AvgIpc) is 1.83. The topological polar surface area (TPSA) is 35.8 Å². The predicted octanol–water partition coefficient (Wildman–Crippen LogP) is 1.83. The van der Waals surface area contributed by atoms with Crippen molar-refractivity contribution < 1.29 is 13.2 Å². The maximum Gasteiger partial charge on any atom is 0.404 e. The van der Waals surface area contributed by atoms with Gasteiger partial charge in [0.15, 0.2) is 0 Å². The molecule has 0 saturated carbocycles. The maximum absolute atomic E-state index is 12.1. The summed E-state index contributed by atoms with van der Waals surface area (Å²) in [6, 6.07) is -0.482. The molecule has 1 N–H and O–H groups in total. The van der Waals surface area contributed by atoms with E-state index in [4.69, 9.17) is 5.26 Å². The SMILES string of the molecule is CC(C)NC(CC#N)C(F)(F)F. The molecule has 0 aliphatic carbocycles. The van der Waals surface area contributed by atoms with Crippen LogP contribution in [0.25, 0.3) is 0 Å². The predicted molar refractivity (Wildman–Crippen MR) is 38.3 cm³/mol. The highest BCUT2D eigenvalue weighted by atomic mass is 19.4. The number of nitrogens with one attached hydrogen (secondary N) is 1. The minimum atomic E-state index is -4.33. The van der Waals surface area contributed by atoms with Gasteiger partial charge < -0.3 is 5.32 Å². The Kier molecular flexibility index (Phi) is 4.04. The van der Waals surface area contributed by atoms with Crippen molar-refractivity contribution in [3.63, 3.8) is 0 Å². The molecule has 0 aromatic rings. The molecule has 0 radical (unpaired) electrons. The lowest BCUT2D eigenvalue weighted by molar-refractivity contribution is -0.156. The van der Waals surface area contributed by atoms with Crippen molar-refractivity contribution >= 4 is 0 Å². The number of hydrogen-bond acceptors (Lipinski definition) is 2. The van der Waals surface area contributed by atoms with Crippen molar-refractivity contribution in [1.29, 1.82) is 5.26 Å². The molecule has 0 aliphatic heterocycles. The van der Waals surface area contributed by atoms with Gasteiger partial charge in [-0.25, -0.2) is 0 Å². The first kappa shape index (κ1) is 11.2. The number of nitriles is 1. The Morgan fingerprint density at radius 1 is 1.42 bits per heavy atom. The van der Waals surface area contributed by atoms with Gasteiger partial charge in [0.25, 0.3) is 0 Å². The first-order valence-corrected chi connectivity index (χ1v) is 3.57. The van der Waals surface area contributed by atoms with E-state index in [0.717, 1.165) is 0 Å². The van der Waals surface area contributed by atoms with Gasteiger partial charge >= 0.3 is 6.18 Å². The van der Waals surface area contributed by atoms with Gasteiger partial charge in [0.05, 0.1) is 12.5 Å². The van der Waals surface area contributed by atoms with Crippen LogP contribution in [0.1, 0.15) is 20.3 Å². The second-order valence-corrected chi connectivity index (χ2v) is 2.78. The van der Waals surface area contributed by atoms with Gasteiger partial charge in [0.1, 0.15) is 6.04 Å². The first-order valence-electron chi connectivity index (χ1n) is 3.57. The van der Waals surface area contributed by atoms with Crippen LogP contribution >= 0.6 is 0 Å². The summed E-state index contributed by atoms with van der Waals surface area (Å²) in [5, 5.41) is 10.4. The smallest absolute Gasteiger partial charge is 0.303 e. The van der Waals surface area contributed by atoms with E-state index in [9.17, 15) is 13.2 Å². The summed E-state index contributed by atoms with van der Waals surface area (Å²) in [6.45, 7) is 3.21. The molecule has 0 rings (SSSR count). The summed E-state index contributed by atoms with van der Waals surface area (Å²) in [4.78, 5) is 0.